The molecular weight excluding hydrogens is 208 g/mol. The maximum Gasteiger partial charge on any atom is 0.0669 e. The number of nitrogens with zero attached hydrogens (tertiary/aromatic N) is 2. The van der Waals surface area contributed by atoms with E-state index in [1.54, 1.807) is 0 Å². The largest absolute Gasteiger partial charge is 0.301 e. The van der Waals surface area contributed by atoms with Crippen molar-refractivity contribution in [1.82, 2.24) is 4.90 Å². The van der Waals surface area contributed by atoms with Crippen molar-refractivity contribution >= 4 is 0 Å². The third kappa shape index (κ3) is 4.20. The van der Waals surface area contributed by atoms with Crippen molar-refractivity contribution in [1.29, 1.82) is 5.26 Å². The molecule has 0 saturated carbocycles. The first-order chi connectivity index (χ1) is 8.06. The second kappa shape index (κ2) is 6.42. The number of nitriles is 1. The Kier molecular flexibility index (Phi) is 5.18. The minimum atomic E-state index is 0.145. The van der Waals surface area contributed by atoms with Gasteiger partial charge < -0.3 is 4.90 Å². The highest BCUT2D eigenvalue weighted by Gasteiger charge is 2.09. The number of benzene rings is 1. The van der Waals surface area contributed by atoms with Crippen molar-refractivity contribution in [2.75, 3.05) is 13.6 Å². The Morgan fingerprint density at radius 2 is 2.00 bits per heavy atom. The van der Waals surface area contributed by atoms with Crippen LogP contribution in [0.5, 0.6) is 0 Å². The van der Waals surface area contributed by atoms with Crippen molar-refractivity contribution in [2.24, 2.45) is 5.92 Å². The van der Waals surface area contributed by atoms with E-state index in [1.165, 1.54) is 16.7 Å². The molecule has 1 unspecified atom stereocenters. The van der Waals surface area contributed by atoms with E-state index in [0.717, 1.165) is 19.5 Å². The Balaban J connectivity index is 2.59. The zero-order valence-electron chi connectivity index (χ0n) is 11.3. The molecule has 0 heterocycles. The van der Waals surface area contributed by atoms with Crippen LogP contribution in [0.15, 0.2) is 18.2 Å². The number of hydrogen-bond donors (Lipinski definition) is 0. The van der Waals surface area contributed by atoms with Crippen LogP contribution < -0.4 is 0 Å². The predicted octanol–water partition coefficient (Wildman–Crippen LogP) is 3.29. The van der Waals surface area contributed by atoms with E-state index in [-0.39, 0.29) is 5.92 Å². The molecule has 1 atom stereocenters. The maximum absolute atomic E-state index is 8.94. The molecule has 17 heavy (non-hydrogen) atoms. The monoisotopic (exact) mass is 230 g/mol. The van der Waals surface area contributed by atoms with Gasteiger partial charge in [-0.25, -0.2) is 0 Å². The fourth-order valence-corrected chi connectivity index (χ4v) is 1.92. The van der Waals surface area contributed by atoms with Gasteiger partial charge in [0.25, 0.3) is 0 Å². The molecule has 1 rings (SSSR count). The van der Waals surface area contributed by atoms with Gasteiger partial charge in [-0.15, -0.1) is 0 Å². The molecule has 2 heteroatoms. The summed E-state index contributed by atoms with van der Waals surface area (Å²) in [6.45, 7) is 8.10. The van der Waals surface area contributed by atoms with Crippen LogP contribution in [-0.2, 0) is 6.54 Å². The highest BCUT2D eigenvalue weighted by atomic mass is 15.1. The van der Waals surface area contributed by atoms with Crippen molar-refractivity contribution in [2.45, 2.75) is 33.7 Å². The zero-order valence-corrected chi connectivity index (χ0v) is 11.3. The van der Waals surface area contributed by atoms with Gasteiger partial charge in [0.05, 0.1) is 12.0 Å². The molecule has 0 bridgehead atoms. The standard InChI is InChI=1S/C15H22N2/c1-5-14(9-16)10-17(4)11-15-7-6-12(2)13(3)8-15/h6-8,14H,5,10-11H2,1-4H3. The molecule has 1 aromatic rings. The molecule has 2 nitrogen and oxygen atoms in total. The summed E-state index contributed by atoms with van der Waals surface area (Å²) in [5.74, 6) is 0.145. The lowest BCUT2D eigenvalue weighted by atomic mass is 10.1. The van der Waals surface area contributed by atoms with E-state index in [0.29, 0.717) is 0 Å². The van der Waals surface area contributed by atoms with Gasteiger partial charge in [0, 0.05) is 13.1 Å². The predicted molar refractivity (Wildman–Crippen MR) is 71.6 cm³/mol. The van der Waals surface area contributed by atoms with Gasteiger partial charge >= 0.3 is 0 Å². The third-order valence-electron chi connectivity index (χ3n) is 3.23. The minimum absolute atomic E-state index is 0.145. The Hall–Kier alpha value is -1.33. The molecule has 0 aliphatic carbocycles. The molecule has 0 saturated heterocycles. The van der Waals surface area contributed by atoms with E-state index in [9.17, 15) is 0 Å². The van der Waals surface area contributed by atoms with Gasteiger partial charge in [0.2, 0.25) is 0 Å². The molecule has 1 aromatic carbocycles. The van der Waals surface area contributed by atoms with Gasteiger partial charge in [-0.3, -0.25) is 0 Å². The average molecular weight is 230 g/mol. The summed E-state index contributed by atoms with van der Waals surface area (Å²) in [6, 6.07) is 8.92. The smallest absolute Gasteiger partial charge is 0.0669 e. The lowest BCUT2D eigenvalue weighted by Crippen LogP contribution is -2.24. The van der Waals surface area contributed by atoms with E-state index in [2.05, 4.69) is 57.0 Å². The summed E-state index contributed by atoms with van der Waals surface area (Å²) in [7, 11) is 2.08. The molecule has 0 aliphatic heterocycles. The lowest BCUT2D eigenvalue weighted by molar-refractivity contribution is 0.292. The maximum atomic E-state index is 8.94. The third-order valence-corrected chi connectivity index (χ3v) is 3.23. The molecule has 0 radical (unpaired) electrons. The Morgan fingerprint density at radius 1 is 1.29 bits per heavy atom. The first kappa shape index (κ1) is 13.7. The number of hydrogen-bond acceptors (Lipinski definition) is 2. The molecule has 0 aliphatic rings. The Bertz CT molecular complexity index is 404. The van der Waals surface area contributed by atoms with Crippen LogP contribution >= 0.6 is 0 Å². The zero-order chi connectivity index (χ0) is 12.8. The first-order valence-corrected chi connectivity index (χ1v) is 6.21. The number of aryl methyl sites for hydroxylation is 2. The van der Waals surface area contributed by atoms with Gasteiger partial charge in [-0.05, 0) is 44.0 Å². The van der Waals surface area contributed by atoms with Crippen molar-refractivity contribution in [3.05, 3.63) is 34.9 Å². The molecule has 0 aromatic heterocycles. The Labute approximate surface area is 105 Å². The second-order valence-corrected chi connectivity index (χ2v) is 4.85. The molecule has 0 amide bonds. The molecule has 0 spiro atoms. The normalized spacial score (nSPS) is 12.5. The quantitative estimate of drug-likeness (QED) is 0.776. The van der Waals surface area contributed by atoms with Crippen molar-refractivity contribution in [3.63, 3.8) is 0 Å². The summed E-state index contributed by atoms with van der Waals surface area (Å²) in [5.41, 5.74) is 3.99. The summed E-state index contributed by atoms with van der Waals surface area (Å²) in [6.07, 6.45) is 0.924. The van der Waals surface area contributed by atoms with Crippen molar-refractivity contribution in [3.8, 4) is 6.07 Å². The van der Waals surface area contributed by atoms with Crippen LogP contribution in [0, 0.1) is 31.1 Å². The van der Waals surface area contributed by atoms with Gasteiger partial charge in [0.1, 0.15) is 0 Å². The van der Waals surface area contributed by atoms with E-state index < -0.39 is 0 Å². The van der Waals surface area contributed by atoms with Gasteiger partial charge in [-0.1, -0.05) is 25.1 Å². The second-order valence-electron chi connectivity index (χ2n) is 4.85. The number of rotatable bonds is 5. The summed E-state index contributed by atoms with van der Waals surface area (Å²) < 4.78 is 0. The van der Waals surface area contributed by atoms with Crippen LogP contribution in [0.4, 0.5) is 0 Å². The van der Waals surface area contributed by atoms with Crippen LogP contribution in [-0.4, -0.2) is 18.5 Å². The van der Waals surface area contributed by atoms with Gasteiger partial charge in [-0.2, -0.15) is 5.26 Å². The fourth-order valence-electron chi connectivity index (χ4n) is 1.92. The molecule has 0 fully saturated rings. The van der Waals surface area contributed by atoms with Crippen LogP contribution in [0.1, 0.15) is 30.0 Å². The SMILES string of the molecule is CCC(C#N)CN(C)Cc1ccc(C)c(C)c1. The van der Waals surface area contributed by atoms with Crippen LogP contribution in [0.3, 0.4) is 0 Å². The van der Waals surface area contributed by atoms with E-state index in [1.807, 2.05) is 0 Å². The van der Waals surface area contributed by atoms with E-state index >= 15 is 0 Å². The van der Waals surface area contributed by atoms with Crippen molar-refractivity contribution < 1.29 is 0 Å². The molecule has 92 valence electrons. The molecular formula is C15H22N2. The van der Waals surface area contributed by atoms with Gasteiger partial charge in [0.15, 0.2) is 0 Å². The first-order valence-electron chi connectivity index (χ1n) is 6.21. The topological polar surface area (TPSA) is 27.0 Å². The fraction of sp³-hybridized carbons (Fsp3) is 0.533. The summed E-state index contributed by atoms with van der Waals surface area (Å²) in [4.78, 5) is 2.22. The molecule has 0 N–H and O–H groups in total. The highest BCUT2D eigenvalue weighted by Crippen LogP contribution is 2.12. The summed E-state index contributed by atoms with van der Waals surface area (Å²) in [5, 5.41) is 8.94. The Morgan fingerprint density at radius 3 is 2.53 bits per heavy atom. The highest BCUT2D eigenvalue weighted by molar-refractivity contribution is 5.29. The van der Waals surface area contributed by atoms with Crippen LogP contribution in [0.25, 0.3) is 0 Å². The van der Waals surface area contributed by atoms with Crippen LogP contribution in [0.2, 0.25) is 0 Å². The summed E-state index contributed by atoms with van der Waals surface area (Å²) >= 11 is 0. The average Bonchev–Trinajstić information content (AvgIpc) is 2.31. The minimum Gasteiger partial charge on any atom is -0.301 e. The van der Waals surface area contributed by atoms with E-state index in [4.69, 9.17) is 5.26 Å². The lowest BCUT2D eigenvalue weighted by Gasteiger charge is -2.19.